The fourth-order valence-corrected chi connectivity index (χ4v) is 3.52. The first-order chi connectivity index (χ1) is 13.2. The van der Waals surface area contributed by atoms with Crippen molar-refractivity contribution in [2.24, 2.45) is 0 Å². The number of halogens is 2. The highest BCUT2D eigenvalue weighted by Gasteiger charge is 2.21. The molecule has 1 aromatic carbocycles. The summed E-state index contributed by atoms with van der Waals surface area (Å²) in [6, 6.07) is 12.3. The van der Waals surface area contributed by atoms with E-state index in [-0.39, 0.29) is 35.8 Å². The number of aromatic nitrogens is 4. The average molecular weight is 474 g/mol. The smallest absolute Gasteiger partial charge is 0.256 e. The molecule has 0 amide bonds. The van der Waals surface area contributed by atoms with E-state index in [1.807, 2.05) is 34.8 Å². The van der Waals surface area contributed by atoms with Gasteiger partial charge in [0, 0.05) is 50.9 Å². The van der Waals surface area contributed by atoms with Gasteiger partial charge < -0.3 is 25.7 Å². The number of piperazine rings is 1. The van der Waals surface area contributed by atoms with Crippen LogP contribution < -0.4 is 9.80 Å². The molecule has 4 N–H and O–H groups in total. The molecule has 0 atom stereocenters. The van der Waals surface area contributed by atoms with Gasteiger partial charge in [-0.15, -0.1) is 29.9 Å². The van der Waals surface area contributed by atoms with Crippen LogP contribution in [-0.2, 0) is 0 Å². The van der Waals surface area contributed by atoms with Crippen molar-refractivity contribution >= 4 is 42.2 Å². The minimum Gasteiger partial charge on any atom is -0.412 e. The number of nitrogens with zero attached hydrogens (tertiary/aromatic N) is 7. The van der Waals surface area contributed by atoms with E-state index in [2.05, 4.69) is 41.7 Å². The van der Waals surface area contributed by atoms with Gasteiger partial charge in [-0.2, -0.15) is 14.5 Å². The Hall–Kier alpha value is -2.17. The topological polar surface area (TPSA) is 116 Å². The number of benzene rings is 1. The van der Waals surface area contributed by atoms with E-state index in [4.69, 9.17) is 15.1 Å². The van der Waals surface area contributed by atoms with E-state index in [1.165, 1.54) is 0 Å². The monoisotopic (exact) mass is 473 g/mol. The molecule has 1 aliphatic rings. The summed E-state index contributed by atoms with van der Waals surface area (Å²) in [6.07, 6.45) is 0. The Morgan fingerprint density at radius 1 is 0.903 bits per heavy atom. The van der Waals surface area contributed by atoms with E-state index >= 15 is 0 Å². The number of fused-ring (bicyclic) bond motifs is 1. The highest BCUT2D eigenvalue weighted by molar-refractivity contribution is 5.85. The van der Waals surface area contributed by atoms with Crippen molar-refractivity contribution in [2.45, 2.75) is 13.8 Å². The van der Waals surface area contributed by atoms with Crippen LogP contribution in [0.1, 0.15) is 13.8 Å². The Labute approximate surface area is 195 Å². The second-order valence-electron chi connectivity index (χ2n) is 6.95. The summed E-state index contributed by atoms with van der Waals surface area (Å²) in [5.74, 6) is 3.42. The minimum absolute atomic E-state index is 0. The Kier molecular flexibility index (Phi) is 11.7. The van der Waals surface area contributed by atoms with E-state index in [0.717, 1.165) is 62.3 Å². The van der Waals surface area contributed by atoms with Crippen LogP contribution in [0, 0.1) is 0 Å². The molecular weight excluding hydrogens is 441 g/mol. The van der Waals surface area contributed by atoms with Gasteiger partial charge in [0.2, 0.25) is 0 Å². The third-order valence-electron chi connectivity index (χ3n) is 5.23. The normalized spacial score (nSPS) is 13.5. The van der Waals surface area contributed by atoms with E-state index in [0.29, 0.717) is 5.78 Å². The average Bonchev–Trinajstić information content (AvgIpc) is 3.14. The number of hydrogen-bond donors (Lipinski definition) is 0. The van der Waals surface area contributed by atoms with Crippen LogP contribution in [0.15, 0.2) is 36.4 Å². The van der Waals surface area contributed by atoms with Crippen LogP contribution in [-0.4, -0.2) is 81.8 Å². The maximum absolute atomic E-state index is 4.81. The molecule has 0 bridgehead atoms. The summed E-state index contributed by atoms with van der Waals surface area (Å²) in [5, 5.41) is 4.80. The molecule has 0 aliphatic carbocycles. The lowest BCUT2D eigenvalue weighted by molar-refractivity contribution is 0.311. The zero-order chi connectivity index (χ0) is 18.8. The predicted octanol–water partition coefficient (Wildman–Crippen LogP) is 1.58. The van der Waals surface area contributed by atoms with Crippen molar-refractivity contribution in [1.29, 1.82) is 0 Å². The van der Waals surface area contributed by atoms with Gasteiger partial charge >= 0.3 is 0 Å². The molecule has 174 valence electrons. The van der Waals surface area contributed by atoms with Crippen LogP contribution in [0.3, 0.4) is 0 Å². The van der Waals surface area contributed by atoms with Crippen molar-refractivity contribution in [1.82, 2.24) is 24.5 Å². The zero-order valence-corrected chi connectivity index (χ0v) is 19.8. The molecule has 3 aromatic rings. The number of likely N-dealkylation sites (N-methyl/N-ethyl adjacent to an activating group) is 1. The molecule has 4 rings (SSSR count). The van der Waals surface area contributed by atoms with Crippen molar-refractivity contribution in [3.63, 3.8) is 0 Å². The van der Waals surface area contributed by atoms with E-state index in [1.54, 1.807) is 0 Å². The Morgan fingerprint density at radius 2 is 1.52 bits per heavy atom. The molecule has 31 heavy (non-hydrogen) atoms. The molecule has 0 spiro atoms. The maximum atomic E-state index is 4.81. The van der Waals surface area contributed by atoms with Gasteiger partial charge in [-0.3, -0.25) is 0 Å². The maximum Gasteiger partial charge on any atom is 0.256 e. The summed E-state index contributed by atoms with van der Waals surface area (Å²) in [5.41, 5.74) is 1.01. The van der Waals surface area contributed by atoms with Crippen LogP contribution in [0.25, 0.3) is 17.2 Å². The van der Waals surface area contributed by atoms with Gasteiger partial charge in [0.05, 0.1) is 0 Å². The highest BCUT2D eigenvalue weighted by atomic mass is 35.5. The quantitative estimate of drug-likeness (QED) is 0.555. The fraction of sp³-hybridized carbons (Fsp3) is 0.450. The van der Waals surface area contributed by atoms with E-state index < -0.39 is 0 Å². The minimum atomic E-state index is 0. The first kappa shape index (κ1) is 28.8. The molecule has 1 aliphatic heterocycles. The molecule has 0 saturated carbocycles. The van der Waals surface area contributed by atoms with Crippen molar-refractivity contribution < 1.29 is 11.0 Å². The summed E-state index contributed by atoms with van der Waals surface area (Å²) in [7, 11) is 2.17. The molecule has 0 unspecified atom stereocenters. The molecule has 1 saturated heterocycles. The molecule has 0 radical (unpaired) electrons. The zero-order valence-electron chi connectivity index (χ0n) is 18.2. The lowest BCUT2D eigenvalue weighted by Crippen LogP contribution is -2.45. The van der Waals surface area contributed by atoms with Crippen LogP contribution >= 0.6 is 24.8 Å². The van der Waals surface area contributed by atoms with Crippen molar-refractivity contribution in [3.8, 4) is 11.4 Å². The molecule has 3 heterocycles. The predicted molar refractivity (Wildman–Crippen MR) is 131 cm³/mol. The van der Waals surface area contributed by atoms with Gasteiger partial charge in [-0.1, -0.05) is 30.3 Å². The van der Waals surface area contributed by atoms with Crippen LogP contribution in [0.4, 0.5) is 11.6 Å². The SMILES string of the molecule is CCN(CC)c1cc(N2CCN(C)CC2)n2nc(-c3ccccc3)nc2n1.Cl.Cl.O.O. The van der Waals surface area contributed by atoms with Crippen LogP contribution in [0.2, 0.25) is 0 Å². The molecular formula is C20H33Cl2N7O2. The molecule has 1 fully saturated rings. The van der Waals surface area contributed by atoms with Gasteiger partial charge in [0.1, 0.15) is 11.6 Å². The summed E-state index contributed by atoms with van der Waals surface area (Å²) >= 11 is 0. The molecule has 9 nitrogen and oxygen atoms in total. The van der Waals surface area contributed by atoms with E-state index in [9.17, 15) is 0 Å². The second kappa shape index (κ2) is 12.6. The Morgan fingerprint density at radius 3 is 2.10 bits per heavy atom. The number of anilines is 2. The summed E-state index contributed by atoms with van der Waals surface area (Å²) in [6.45, 7) is 10.2. The largest absolute Gasteiger partial charge is 0.412 e. The van der Waals surface area contributed by atoms with Gasteiger partial charge in [-0.25, -0.2) is 0 Å². The van der Waals surface area contributed by atoms with Crippen molar-refractivity contribution in [2.75, 3.05) is 56.1 Å². The molecule has 2 aromatic heterocycles. The lowest BCUT2D eigenvalue weighted by atomic mass is 10.2. The van der Waals surface area contributed by atoms with Gasteiger partial charge in [0.25, 0.3) is 5.78 Å². The highest BCUT2D eigenvalue weighted by Crippen LogP contribution is 2.25. The Bertz CT molecular complexity index is 915. The molecule has 11 heteroatoms. The second-order valence-corrected chi connectivity index (χ2v) is 6.95. The number of hydrogen-bond acceptors (Lipinski definition) is 6. The third kappa shape index (κ3) is 5.96. The van der Waals surface area contributed by atoms with Gasteiger partial charge in [-0.05, 0) is 20.9 Å². The first-order valence-corrected chi connectivity index (χ1v) is 9.71. The lowest BCUT2D eigenvalue weighted by Gasteiger charge is -2.34. The van der Waals surface area contributed by atoms with Crippen LogP contribution in [0.5, 0.6) is 0 Å². The Balaban J connectivity index is 0.00000225. The summed E-state index contributed by atoms with van der Waals surface area (Å²) < 4.78 is 1.90. The van der Waals surface area contributed by atoms with Gasteiger partial charge in [0.15, 0.2) is 5.82 Å². The number of rotatable bonds is 5. The summed E-state index contributed by atoms with van der Waals surface area (Å²) in [4.78, 5) is 16.6. The third-order valence-corrected chi connectivity index (χ3v) is 5.23. The standard InChI is InChI=1S/C20H27N7.2ClH.2H2O/c1-4-25(5-2)17-15-18(26-13-11-24(3)12-14-26)27-20(21-17)22-19(23-27)16-9-7-6-8-10-16;;;;/h6-10,15H,4-5,11-14H2,1-3H3;2*1H;2*1H2. The van der Waals surface area contributed by atoms with Crippen molar-refractivity contribution in [3.05, 3.63) is 36.4 Å². The fourth-order valence-electron chi connectivity index (χ4n) is 3.52. The first-order valence-electron chi connectivity index (χ1n) is 9.71.